The summed E-state index contributed by atoms with van der Waals surface area (Å²) < 4.78 is 1.90. The van der Waals surface area contributed by atoms with Gasteiger partial charge in [0.1, 0.15) is 11.9 Å². The maximum atomic E-state index is 12.4. The minimum Gasteiger partial charge on any atom is -0.338 e. The van der Waals surface area contributed by atoms with Gasteiger partial charge >= 0.3 is 0 Å². The highest BCUT2D eigenvalue weighted by molar-refractivity contribution is 7.08. The highest BCUT2D eigenvalue weighted by atomic mass is 35.5. The summed E-state index contributed by atoms with van der Waals surface area (Å²) in [5, 5.41) is 7.41. The fourth-order valence-corrected chi connectivity index (χ4v) is 2.98. The fourth-order valence-electron chi connectivity index (χ4n) is 2.22. The SMILES string of the molecule is Cn1ccnc1C(NC(=O)c1ccsc1)c1ccc(Cl)cc1. The van der Waals surface area contributed by atoms with E-state index in [0.717, 1.165) is 11.4 Å². The molecule has 1 N–H and O–H groups in total. The molecule has 0 aliphatic heterocycles. The van der Waals surface area contributed by atoms with E-state index in [1.165, 1.54) is 11.3 Å². The lowest BCUT2D eigenvalue weighted by molar-refractivity contribution is 0.0941. The first-order valence-electron chi connectivity index (χ1n) is 6.71. The van der Waals surface area contributed by atoms with Crippen molar-refractivity contribution in [3.63, 3.8) is 0 Å². The molecule has 1 unspecified atom stereocenters. The van der Waals surface area contributed by atoms with Crippen molar-refractivity contribution in [2.24, 2.45) is 7.05 Å². The molecule has 3 rings (SSSR count). The lowest BCUT2D eigenvalue weighted by atomic mass is 10.1. The van der Waals surface area contributed by atoms with Crippen molar-refractivity contribution >= 4 is 28.8 Å². The number of nitrogens with zero attached hydrogens (tertiary/aromatic N) is 2. The van der Waals surface area contributed by atoms with Gasteiger partial charge in [-0.25, -0.2) is 4.98 Å². The minimum atomic E-state index is -0.329. The number of benzene rings is 1. The molecule has 1 atom stereocenters. The van der Waals surface area contributed by atoms with E-state index in [0.29, 0.717) is 10.6 Å². The smallest absolute Gasteiger partial charge is 0.252 e. The summed E-state index contributed by atoms with van der Waals surface area (Å²) in [6.07, 6.45) is 3.57. The molecule has 0 radical (unpaired) electrons. The predicted molar refractivity (Wildman–Crippen MR) is 88.3 cm³/mol. The van der Waals surface area contributed by atoms with E-state index >= 15 is 0 Å². The van der Waals surface area contributed by atoms with E-state index in [1.54, 1.807) is 12.3 Å². The minimum absolute atomic E-state index is 0.121. The van der Waals surface area contributed by atoms with Crippen molar-refractivity contribution in [1.82, 2.24) is 14.9 Å². The Labute approximate surface area is 137 Å². The molecule has 0 fully saturated rings. The van der Waals surface area contributed by atoms with E-state index in [-0.39, 0.29) is 11.9 Å². The van der Waals surface area contributed by atoms with Gasteiger partial charge in [0.25, 0.3) is 5.91 Å². The summed E-state index contributed by atoms with van der Waals surface area (Å²) in [5.41, 5.74) is 1.58. The van der Waals surface area contributed by atoms with Gasteiger partial charge in [-0.15, -0.1) is 0 Å². The molecule has 2 aromatic heterocycles. The van der Waals surface area contributed by atoms with Crippen LogP contribution in [-0.4, -0.2) is 15.5 Å². The first-order valence-corrected chi connectivity index (χ1v) is 8.03. The Bertz CT molecular complexity index is 765. The van der Waals surface area contributed by atoms with Crippen LogP contribution in [-0.2, 0) is 7.05 Å². The number of hydrogen-bond donors (Lipinski definition) is 1. The van der Waals surface area contributed by atoms with E-state index in [1.807, 2.05) is 52.8 Å². The molecule has 22 heavy (non-hydrogen) atoms. The Kier molecular flexibility index (Phi) is 4.27. The Morgan fingerprint density at radius 2 is 2.09 bits per heavy atom. The molecule has 2 heterocycles. The average molecular weight is 332 g/mol. The standard InChI is InChI=1S/C16H14ClN3OS/c1-20-8-7-18-15(20)14(11-2-4-13(17)5-3-11)19-16(21)12-6-9-22-10-12/h2-10,14H,1H3,(H,19,21). The van der Waals surface area contributed by atoms with Crippen LogP contribution in [0.2, 0.25) is 5.02 Å². The van der Waals surface area contributed by atoms with Crippen molar-refractivity contribution in [2.75, 3.05) is 0 Å². The van der Waals surface area contributed by atoms with Gasteiger partial charge in [0.15, 0.2) is 0 Å². The average Bonchev–Trinajstić information content (AvgIpc) is 3.17. The fraction of sp³-hybridized carbons (Fsp3) is 0.125. The largest absolute Gasteiger partial charge is 0.338 e. The molecule has 0 aliphatic rings. The lowest BCUT2D eigenvalue weighted by Crippen LogP contribution is -2.30. The number of halogens is 1. The number of hydrogen-bond acceptors (Lipinski definition) is 3. The van der Waals surface area contributed by atoms with Gasteiger partial charge < -0.3 is 9.88 Å². The Morgan fingerprint density at radius 1 is 1.32 bits per heavy atom. The van der Waals surface area contributed by atoms with Crippen molar-refractivity contribution in [3.8, 4) is 0 Å². The van der Waals surface area contributed by atoms with Crippen molar-refractivity contribution < 1.29 is 4.79 Å². The molecule has 0 bridgehead atoms. The molecule has 0 aliphatic carbocycles. The summed E-state index contributed by atoms with van der Waals surface area (Å²) in [7, 11) is 1.90. The number of thiophene rings is 1. The highest BCUT2D eigenvalue weighted by Crippen LogP contribution is 2.23. The number of rotatable bonds is 4. The van der Waals surface area contributed by atoms with Crippen LogP contribution in [0.5, 0.6) is 0 Å². The van der Waals surface area contributed by atoms with Crippen LogP contribution < -0.4 is 5.32 Å². The summed E-state index contributed by atoms with van der Waals surface area (Å²) in [6, 6.07) is 8.89. The molecular formula is C16H14ClN3OS. The summed E-state index contributed by atoms with van der Waals surface area (Å²) in [5.74, 6) is 0.648. The Hall–Kier alpha value is -2.11. The number of aromatic nitrogens is 2. The van der Waals surface area contributed by atoms with E-state index in [9.17, 15) is 4.79 Å². The molecule has 0 spiro atoms. The normalized spacial score (nSPS) is 12.1. The van der Waals surface area contributed by atoms with Crippen LogP contribution in [0.3, 0.4) is 0 Å². The van der Waals surface area contributed by atoms with Crippen LogP contribution in [0.1, 0.15) is 27.8 Å². The first kappa shape index (κ1) is 14.8. The third-order valence-electron chi connectivity index (χ3n) is 3.38. The molecule has 3 aromatic rings. The van der Waals surface area contributed by atoms with Crippen molar-refractivity contribution in [3.05, 3.63) is 75.5 Å². The summed E-state index contributed by atoms with van der Waals surface area (Å²) >= 11 is 7.45. The van der Waals surface area contributed by atoms with Crippen LogP contribution in [0.15, 0.2) is 53.5 Å². The number of imidazole rings is 1. The zero-order chi connectivity index (χ0) is 15.5. The number of carbonyl (C=O) groups excluding carboxylic acids is 1. The van der Waals surface area contributed by atoms with E-state index < -0.39 is 0 Å². The van der Waals surface area contributed by atoms with E-state index in [2.05, 4.69) is 10.3 Å². The topological polar surface area (TPSA) is 46.9 Å². The molecule has 112 valence electrons. The van der Waals surface area contributed by atoms with Gasteiger partial charge in [0.05, 0.1) is 5.56 Å². The molecule has 1 aromatic carbocycles. The second kappa shape index (κ2) is 6.34. The third kappa shape index (κ3) is 3.05. The molecule has 0 saturated carbocycles. The van der Waals surface area contributed by atoms with Crippen molar-refractivity contribution in [2.45, 2.75) is 6.04 Å². The van der Waals surface area contributed by atoms with Crippen LogP contribution in [0.4, 0.5) is 0 Å². The zero-order valence-corrected chi connectivity index (χ0v) is 13.4. The monoisotopic (exact) mass is 331 g/mol. The Morgan fingerprint density at radius 3 is 2.68 bits per heavy atom. The third-order valence-corrected chi connectivity index (χ3v) is 4.31. The molecule has 0 saturated heterocycles. The van der Waals surface area contributed by atoms with Gasteiger partial charge in [-0.2, -0.15) is 11.3 Å². The first-order chi connectivity index (χ1) is 10.6. The van der Waals surface area contributed by atoms with Gasteiger partial charge in [-0.3, -0.25) is 4.79 Å². The Balaban J connectivity index is 1.95. The summed E-state index contributed by atoms with van der Waals surface area (Å²) in [6.45, 7) is 0. The van der Waals surface area contributed by atoms with Crippen molar-refractivity contribution in [1.29, 1.82) is 0 Å². The van der Waals surface area contributed by atoms with Gasteiger partial charge in [0.2, 0.25) is 0 Å². The van der Waals surface area contributed by atoms with E-state index in [4.69, 9.17) is 11.6 Å². The van der Waals surface area contributed by atoms with Crippen LogP contribution in [0, 0.1) is 0 Å². The maximum absolute atomic E-state index is 12.4. The molecule has 6 heteroatoms. The maximum Gasteiger partial charge on any atom is 0.252 e. The number of carbonyl (C=O) groups is 1. The number of amides is 1. The van der Waals surface area contributed by atoms with Crippen LogP contribution >= 0.6 is 22.9 Å². The lowest BCUT2D eigenvalue weighted by Gasteiger charge is -2.19. The number of aryl methyl sites for hydroxylation is 1. The highest BCUT2D eigenvalue weighted by Gasteiger charge is 2.21. The molecule has 1 amide bonds. The summed E-state index contributed by atoms with van der Waals surface area (Å²) in [4.78, 5) is 16.8. The predicted octanol–water partition coefficient (Wildman–Crippen LogP) is 3.65. The number of nitrogens with one attached hydrogen (secondary N) is 1. The van der Waals surface area contributed by atoms with Gasteiger partial charge in [-0.05, 0) is 29.1 Å². The molecular weight excluding hydrogens is 318 g/mol. The second-order valence-electron chi connectivity index (χ2n) is 4.87. The van der Waals surface area contributed by atoms with Gasteiger partial charge in [-0.1, -0.05) is 23.7 Å². The molecule has 4 nitrogen and oxygen atoms in total. The zero-order valence-electron chi connectivity index (χ0n) is 11.9. The second-order valence-corrected chi connectivity index (χ2v) is 6.08. The van der Waals surface area contributed by atoms with Gasteiger partial charge in [0, 0.05) is 29.8 Å². The van der Waals surface area contributed by atoms with Crippen LogP contribution in [0.25, 0.3) is 0 Å². The quantitative estimate of drug-likeness (QED) is 0.793.